The average Bonchev–Trinajstić information content (AvgIpc) is 3.11. The molecule has 6 nitrogen and oxygen atoms in total. The summed E-state index contributed by atoms with van der Waals surface area (Å²) in [5.74, 6) is 0. The zero-order valence-corrected chi connectivity index (χ0v) is 12.1. The number of hydrogen-bond acceptors (Lipinski definition) is 6. The molecule has 0 radical (unpaired) electrons. The molecule has 0 aromatic carbocycles. The summed E-state index contributed by atoms with van der Waals surface area (Å²) in [5.41, 5.74) is 6.80. The number of pyridine rings is 1. The van der Waals surface area contributed by atoms with Crippen molar-refractivity contribution in [3.63, 3.8) is 0 Å². The molecule has 0 spiro atoms. The minimum atomic E-state index is 0.439. The van der Waals surface area contributed by atoms with Crippen molar-refractivity contribution >= 4 is 11.8 Å². The molecule has 1 fully saturated rings. The van der Waals surface area contributed by atoms with Crippen molar-refractivity contribution in [1.82, 2.24) is 25.2 Å². The third-order valence-corrected chi connectivity index (χ3v) is 4.60. The van der Waals surface area contributed by atoms with Crippen LogP contribution in [-0.2, 0) is 6.42 Å². The van der Waals surface area contributed by atoms with Crippen LogP contribution in [0, 0.1) is 0 Å². The van der Waals surface area contributed by atoms with E-state index in [2.05, 4.69) is 26.6 Å². The van der Waals surface area contributed by atoms with Crippen LogP contribution in [0.4, 0.5) is 0 Å². The van der Waals surface area contributed by atoms with E-state index >= 15 is 0 Å². The van der Waals surface area contributed by atoms with Crippen LogP contribution < -0.4 is 5.73 Å². The lowest BCUT2D eigenvalue weighted by atomic mass is 10.2. The van der Waals surface area contributed by atoms with Crippen LogP contribution in [0.3, 0.4) is 0 Å². The van der Waals surface area contributed by atoms with E-state index in [1.807, 2.05) is 10.7 Å². The van der Waals surface area contributed by atoms with Gasteiger partial charge in [0.1, 0.15) is 5.03 Å². The summed E-state index contributed by atoms with van der Waals surface area (Å²) < 4.78 is 1.96. The molecule has 2 heterocycles. The Kier molecular flexibility index (Phi) is 4.27. The van der Waals surface area contributed by atoms with Gasteiger partial charge in [0, 0.05) is 6.20 Å². The molecule has 20 heavy (non-hydrogen) atoms. The van der Waals surface area contributed by atoms with E-state index in [0.717, 1.165) is 35.0 Å². The Morgan fingerprint density at radius 1 is 1.35 bits per heavy atom. The summed E-state index contributed by atoms with van der Waals surface area (Å²) >= 11 is 1.53. The van der Waals surface area contributed by atoms with Gasteiger partial charge in [0.25, 0.3) is 0 Å². The maximum absolute atomic E-state index is 5.65. The summed E-state index contributed by atoms with van der Waals surface area (Å²) in [6.07, 6.45) is 7.47. The van der Waals surface area contributed by atoms with E-state index in [4.69, 9.17) is 5.73 Å². The lowest BCUT2D eigenvalue weighted by molar-refractivity contribution is 0.423. The predicted octanol–water partition coefficient (Wildman–Crippen LogP) is 1.84. The zero-order valence-electron chi connectivity index (χ0n) is 11.3. The lowest BCUT2D eigenvalue weighted by Crippen LogP contribution is -2.09. The van der Waals surface area contributed by atoms with Gasteiger partial charge in [-0.25, -0.2) is 9.67 Å². The first-order valence-corrected chi connectivity index (χ1v) is 7.80. The van der Waals surface area contributed by atoms with E-state index < -0.39 is 0 Å². The van der Waals surface area contributed by atoms with Gasteiger partial charge < -0.3 is 5.73 Å². The molecule has 0 bridgehead atoms. The topological polar surface area (TPSA) is 82.5 Å². The summed E-state index contributed by atoms with van der Waals surface area (Å²) in [6.45, 7) is 0.618. The van der Waals surface area contributed by atoms with Crippen molar-refractivity contribution in [3.8, 4) is 0 Å². The van der Waals surface area contributed by atoms with Crippen molar-refractivity contribution < 1.29 is 0 Å². The van der Waals surface area contributed by atoms with Crippen molar-refractivity contribution in [2.24, 2.45) is 5.73 Å². The fourth-order valence-corrected chi connectivity index (χ4v) is 3.52. The van der Waals surface area contributed by atoms with Crippen LogP contribution in [0.1, 0.15) is 37.3 Å². The molecule has 1 aliphatic rings. The molecule has 3 rings (SSSR count). The monoisotopic (exact) mass is 290 g/mol. The number of nitrogens with two attached hydrogens (primary N) is 1. The molecule has 0 atom stereocenters. The van der Waals surface area contributed by atoms with Gasteiger partial charge in [-0.05, 0) is 59.6 Å². The zero-order chi connectivity index (χ0) is 13.8. The van der Waals surface area contributed by atoms with Crippen molar-refractivity contribution in [2.75, 3.05) is 6.54 Å². The molecule has 2 aromatic rings. The first-order chi connectivity index (χ1) is 9.88. The van der Waals surface area contributed by atoms with E-state index in [-0.39, 0.29) is 0 Å². The molecule has 106 valence electrons. The fraction of sp³-hybridized carbons (Fsp3) is 0.538. The molecule has 1 saturated carbocycles. The van der Waals surface area contributed by atoms with Crippen LogP contribution in [0.5, 0.6) is 0 Å². The molecular formula is C13H18N6S. The normalized spacial score (nSPS) is 15.8. The van der Waals surface area contributed by atoms with Gasteiger partial charge in [-0.3, -0.25) is 0 Å². The maximum atomic E-state index is 5.65. The van der Waals surface area contributed by atoms with Crippen molar-refractivity contribution in [2.45, 2.75) is 48.3 Å². The number of tetrazole rings is 1. The summed E-state index contributed by atoms with van der Waals surface area (Å²) in [6, 6.07) is 4.44. The first-order valence-electron chi connectivity index (χ1n) is 6.98. The summed E-state index contributed by atoms with van der Waals surface area (Å²) in [4.78, 5) is 4.44. The van der Waals surface area contributed by atoms with Crippen LogP contribution >= 0.6 is 11.8 Å². The van der Waals surface area contributed by atoms with Gasteiger partial charge in [-0.2, -0.15) is 0 Å². The number of hydrogen-bond donors (Lipinski definition) is 1. The van der Waals surface area contributed by atoms with Crippen LogP contribution in [0.15, 0.2) is 28.5 Å². The van der Waals surface area contributed by atoms with E-state index in [0.29, 0.717) is 12.6 Å². The molecular weight excluding hydrogens is 272 g/mol. The largest absolute Gasteiger partial charge is 0.330 e. The molecule has 1 aliphatic carbocycles. The molecule has 0 aliphatic heterocycles. The standard InChI is InChI=1S/C13H18N6S/c14-8-7-10-4-3-9-15-12(10)20-13-16-17-18-19(13)11-5-1-2-6-11/h3-4,9,11H,1-2,5-8,14H2. The maximum Gasteiger partial charge on any atom is 0.215 e. The molecule has 0 amide bonds. The summed E-state index contributed by atoms with van der Waals surface area (Å²) in [7, 11) is 0. The Labute approximate surface area is 122 Å². The lowest BCUT2D eigenvalue weighted by Gasteiger charge is -2.11. The molecule has 2 N–H and O–H groups in total. The third-order valence-electron chi connectivity index (χ3n) is 3.58. The van der Waals surface area contributed by atoms with Gasteiger partial charge >= 0.3 is 0 Å². The van der Waals surface area contributed by atoms with Crippen LogP contribution in [-0.4, -0.2) is 31.7 Å². The Balaban J connectivity index is 1.83. The molecule has 2 aromatic heterocycles. The Bertz CT molecular complexity index is 563. The van der Waals surface area contributed by atoms with Gasteiger partial charge in [0.15, 0.2) is 0 Å². The minimum absolute atomic E-state index is 0.439. The molecule has 7 heteroatoms. The highest BCUT2D eigenvalue weighted by Gasteiger charge is 2.22. The second-order valence-corrected chi connectivity index (χ2v) is 5.91. The quantitative estimate of drug-likeness (QED) is 0.904. The van der Waals surface area contributed by atoms with Gasteiger partial charge in [-0.15, -0.1) is 5.10 Å². The van der Waals surface area contributed by atoms with Gasteiger partial charge in [0.05, 0.1) is 6.04 Å². The molecule has 0 saturated heterocycles. The van der Waals surface area contributed by atoms with Crippen molar-refractivity contribution in [1.29, 1.82) is 0 Å². The number of rotatable bonds is 5. The van der Waals surface area contributed by atoms with E-state index in [1.54, 1.807) is 6.20 Å². The van der Waals surface area contributed by atoms with Crippen LogP contribution in [0.2, 0.25) is 0 Å². The third kappa shape index (κ3) is 2.83. The van der Waals surface area contributed by atoms with E-state index in [1.165, 1.54) is 24.6 Å². The highest BCUT2D eigenvalue weighted by molar-refractivity contribution is 7.99. The Morgan fingerprint density at radius 2 is 2.20 bits per heavy atom. The SMILES string of the molecule is NCCc1cccnc1Sc1nnnn1C1CCCC1. The second-order valence-electron chi connectivity index (χ2n) is 4.95. The minimum Gasteiger partial charge on any atom is -0.330 e. The number of aromatic nitrogens is 5. The second kappa shape index (κ2) is 6.32. The average molecular weight is 290 g/mol. The van der Waals surface area contributed by atoms with Gasteiger partial charge in [-0.1, -0.05) is 18.9 Å². The van der Waals surface area contributed by atoms with E-state index in [9.17, 15) is 0 Å². The van der Waals surface area contributed by atoms with Gasteiger partial charge in [0.2, 0.25) is 5.16 Å². The first kappa shape index (κ1) is 13.5. The Morgan fingerprint density at radius 3 is 3.00 bits per heavy atom. The Hall–Kier alpha value is -1.47. The number of nitrogens with zero attached hydrogens (tertiary/aromatic N) is 5. The summed E-state index contributed by atoms with van der Waals surface area (Å²) in [5, 5.41) is 13.9. The van der Waals surface area contributed by atoms with Crippen LogP contribution in [0.25, 0.3) is 0 Å². The predicted molar refractivity (Wildman–Crippen MR) is 76.4 cm³/mol. The van der Waals surface area contributed by atoms with Crippen molar-refractivity contribution in [3.05, 3.63) is 23.9 Å². The highest BCUT2D eigenvalue weighted by atomic mass is 32.2. The smallest absolute Gasteiger partial charge is 0.215 e. The molecule has 0 unspecified atom stereocenters. The highest BCUT2D eigenvalue weighted by Crippen LogP contribution is 2.34. The fourth-order valence-electron chi connectivity index (χ4n) is 2.58.